The summed E-state index contributed by atoms with van der Waals surface area (Å²) in [6.45, 7) is 8.10. The molecule has 0 aromatic carbocycles. The first-order valence-corrected chi connectivity index (χ1v) is 7.13. The van der Waals surface area contributed by atoms with E-state index < -0.39 is 37.4 Å². The molecule has 0 aliphatic heterocycles. The van der Waals surface area contributed by atoms with E-state index in [1.54, 1.807) is 34.6 Å². The van der Waals surface area contributed by atoms with E-state index in [0.29, 0.717) is 0 Å². The van der Waals surface area contributed by atoms with Crippen LogP contribution in [0.3, 0.4) is 0 Å². The summed E-state index contributed by atoms with van der Waals surface area (Å²) >= 11 is 0. The van der Waals surface area contributed by atoms with Gasteiger partial charge in [-0.25, -0.2) is 14.2 Å². The molecule has 0 rings (SSSR count). The Morgan fingerprint density at radius 2 is 1.68 bits per heavy atom. The van der Waals surface area contributed by atoms with Crippen LogP contribution in [0, 0.1) is 5.92 Å². The van der Waals surface area contributed by atoms with Crippen molar-refractivity contribution in [3.8, 4) is 0 Å². The Labute approximate surface area is 111 Å². The Hall–Kier alpha value is -1.11. The van der Waals surface area contributed by atoms with Crippen molar-refractivity contribution in [1.82, 2.24) is 5.32 Å². The van der Waals surface area contributed by atoms with Crippen LogP contribution >= 0.6 is 7.82 Å². The van der Waals surface area contributed by atoms with Crippen molar-refractivity contribution in [2.24, 2.45) is 5.92 Å². The van der Waals surface area contributed by atoms with Crippen LogP contribution in [0.1, 0.15) is 34.6 Å². The van der Waals surface area contributed by atoms with Gasteiger partial charge in [0.15, 0.2) is 0 Å². The van der Waals surface area contributed by atoms with Crippen molar-refractivity contribution in [2.75, 3.05) is 0 Å². The second kappa shape index (κ2) is 6.36. The van der Waals surface area contributed by atoms with Crippen LogP contribution in [-0.4, -0.2) is 33.5 Å². The second-order valence-electron chi connectivity index (χ2n) is 5.27. The molecule has 1 atom stereocenters. The standard InChI is InChI=1S/C10H20NO7P/c1-6(2)7(8(12)18-19(14,15)16)11-9(13)17-10(3,4)5/h6-7H,1-5H3,(H,11,13)(H2,14,15,16). The van der Waals surface area contributed by atoms with Gasteiger partial charge >= 0.3 is 19.9 Å². The fourth-order valence-electron chi connectivity index (χ4n) is 1.11. The molecule has 9 heteroatoms. The smallest absolute Gasteiger partial charge is 0.444 e. The molecule has 3 N–H and O–H groups in total. The van der Waals surface area contributed by atoms with Gasteiger partial charge in [0.1, 0.15) is 11.6 Å². The Morgan fingerprint density at radius 1 is 1.21 bits per heavy atom. The molecule has 0 aromatic heterocycles. The maximum absolute atomic E-state index is 11.5. The van der Waals surface area contributed by atoms with Crippen LogP contribution in [0.15, 0.2) is 0 Å². The molecular formula is C10H20NO7P. The van der Waals surface area contributed by atoms with E-state index in [4.69, 9.17) is 14.5 Å². The van der Waals surface area contributed by atoms with Crippen molar-refractivity contribution >= 4 is 19.9 Å². The van der Waals surface area contributed by atoms with Crippen molar-refractivity contribution in [2.45, 2.75) is 46.3 Å². The Balaban J connectivity index is 4.72. The van der Waals surface area contributed by atoms with Gasteiger partial charge in [0.05, 0.1) is 0 Å². The molecule has 8 nitrogen and oxygen atoms in total. The van der Waals surface area contributed by atoms with Crippen molar-refractivity contribution in [3.05, 3.63) is 0 Å². The summed E-state index contributed by atoms with van der Waals surface area (Å²) in [5.74, 6) is -1.64. The average molecular weight is 297 g/mol. The van der Waals surface area contributed by atoms with E-state index in [-0.39, 0.29) is 0 Å². The summed E-state index contributed by atoms with van der Waals surface area (Å²) in [6, 6.07) is -1.21. The number of carbonyl (C=O) groups is 2. The molecular weight excluding hydrogens is 277 g/mol. The highest BCUT2D eigenvalue weighted by molar-refractivity contribution is 7.46. The predicted molar refractivity (Wildman–Crippen MR) is 66.1 cm³/mol. The molecule has 1 amide bonds. The predicted octanol–water partition coefficient (Wildman–Crippen LogP) is 1.17. The van der Waals surface area contributed by atoms with Gasteiger partial charge in [-0.3, -0.25) is 9.79 Å². The fourth-order valence-corrected chi connectivity index (χ4v) is 1.45. The van der Waals surface area contributed by atoms with Crippen molar-refractivity contribution in [1.29, 1.82) is 0 Å². The number of hydrogen-bond donors (Lipinski definition) is 3. The number of phosphoric acid groups is 1. The van der Waals surface area contributed by atoms with Crippen LogP contribution in [0.5, 0.6) is 0 Å². The minimum absolute atomic E-state index is 0.424. The van der Waals surface area contributed by atoms with Gasteiger partial charge in [-0.05, 0) is 26.7 Å². The SMILES string of the molecule is CC(C)C(NC(=O)OC(C)(C)C)C(=O)OP(=O)(O)O. The van der Waals surface area contributed by atoms with Gasteiger partial charge in [0.25, 0.3) is 0 Å². The molecule has 19 heavy (non-hydrogen) atoms. The van der Waals surface area contributed by atoms with Crippen molar-refractivity contribution in [3.63, 3.8) is 0 Å². The molecule has 112 valence electrons. The third-order valence-electron chi connectivity index (χ3n) is 1.80. The molecule has 0 heterocycles. The Morgan fingerprint density at radius 3 is 2.00 bits per heavy atom. The molecule has 0 saturated heterocycles. The van der Waals surface area contributed by atoms with Gasteiger partial charge in [-0.1, -0.05) is 13.8 Å². The molecule has 1 unspecified atom stereocenters. The molecule has 0 fully saturated rings. The Bertz CT molecular complexity index is 382. The van der Waals surface area contributed by atoms with Gasteiger partial charge in [-0.15, -0.1) is 0 Å². The van der Waals surface area contributed by atoms with E-state index in [1.165, 1.54) is 0 Å². The number of amides is 1. The van der Waals surface area contributed by atoms with Crippen LogP contribution in [-0.2, 0) is 18.6 Å². The first kappa shape index (κ1) is 17.9. The van der Waals surface area contributed by atoms with E-state index in [9.17, 15) is 14.2 Å². The fraction of sp³-hybridized carbons (Fsp3) is 0.800. The lowest BCUT2D eigenvalue weighted by Crippen LogP contribution is -2.46. The lowest BCUT2D eigenvalue weighted by atomic mass is 10.1. The number of nitrogens with one attached hydrogen (secondary N) is 1. The van der Waals surface area contributed by atoms with Gasteiger partial charge in [0.2, 0.25) is 0 Å². The summed E-state index contributed by atoms with van der Waals surface area (Å²) in [7, 11) is -4.94. The minimum atomic E-state index is -4.94. The van der Waals surface area contributed by atoms with Crippen LogP contribution in [0.4, 0.5) is 4.79 Å². The highest BCUT2D eigenvalue weighted by Gasteiger charge is 2.32. The van der Waals surface area contributed by atoms with Crippen LogP contribution in [0.2, 0.25) is 0 Å². The third-order valence-corrected chi connectivity index (χ3v) is 2.22. The Kier molecular flexibility index (Phi) is 5.99. The zero-order valence-electron chi connectivity index (χ0n) is 11.5. The van der Waals surface area contributed by atoms with Gasteiger partial charge in [0, 0.05) is 0 Å². The second-order valence-corrected chi connectivity index (χ2v) is 6.43. The van der Waals surface area contributed by atoms with E-state index in [0.717, 1.165) is 0 Å². The minimum Gasteiger partial charge on any atom is -0.444 e. The van der Waals surface area contributed by atoms with Gasteiger partial charge in [-0.2, -0.15) is 0 Å². The molecule has 0 spiro atoms. The maximum atomic E-state index is 11.5. The van der Waals surface area contributed by atoms with E-state index >= 15 is 0 Å². The largest absolute Gasteiger partial charge is 0.527 e. The van der Waals surface area contributed by atoms with Crippen molar-refractivity contribution < 1.29 is 33.2 Å². The summed E-state index contributed by atoms with van der Waals surface area (Å²) in [6.07, 6.45) is -0.867. The third kappa shape index (κ3) is 8.58. The number of hydrogen-bond acceptors (Lipinski definition) is 5. The molecule has 0 saturated carbocycles. The quantitative estimate of drug-likeness (QED) is 0.666. The summed E-state index contributed by atoms with van der Waals surface area (Å²) in [4.78, 5) is 40.2. The highest BCUT2D eigenvalue weighted by Crippen LogP contribution is 2.36. The summed E-state index contributed by atoms with van der Waals surface area (Å²) in [5.41, 5.74) is -0.751. The highest BCUT2D eigenvalue weighted by atomic mass is 31.2. The van der Waals surface area contributed by atoms with Crippen LogP contribution < -0.4 is 5.32 Å². The van der Waals surface area contributed by atoms with E-state index in [2.05, 4.69) is 9.84 Å². The van der Waals surface area contributed by atoms with Gasteiger partial charge < -0.3 is 14.6 Å². The first-order chi connectivity index (χ1) is 8.32. The molecule has 0 aliphatic rings. The molecule has 0 bridgehead atoms. The number of phosphoric ester groups is 1. The average Bonchev–Trinajstić information content (AvgIpc) is 2.07. The molecule has 0 radical (unpaired) electrons. The maximum Gasteiger partial charge on any atom is 0.527 e. The monoisotopic (exact) mass is 297 g/mol. The molecule has 0 aromatic rings. The number of carbonyl (C=O) groups excluding carboxylic acids is 2. The first-order valence-electron chi connectivity index (χ1n) is 5.60. The van der Waals surface area contributed by atoms with E-state index in [1.807, 2.05) is 0 Å². The lowest BCUT2D eigenvalue weighted by molar-refractivity contribution is -0.139. The zero-order chi connectivity index (χ0) is 15.4. The lowest BCUT2D eigenvalue weighted by Gasteiger charge is -2.24. The van der Waals surface area contributed by atoms with Crippen LogP contribution in [0.25, 0.3) is 0 Å². The summed E-state index contributed by atoms with van der Waals surface area (Å²) in [5, 5.41) is 2.22. The normalized spacial score (nSPS) is 13.9. The number of rotatable bonds is 4. The number of alkyl carbamates (subject to hydrolysis) is 1. The molecule has 0 aliphatic carbocycles. The topological polar surface area (TPSA) is 122 Å². The zero-order valence-corrected chi connectivity index (χ0v) is 12.4. The summed E-state index contributed by atoms with van der Waals surface area (Å²) < 4.78 is 19.5. The number of ether oxygens (including phenoxy) is 1.